The summed E-state index contributed by atoms with van der Waals surface area (Å²) in [5, 5.41) is 0. The van der Waals surface area contributed by atoms with Gasteiger partial charge in [0.2, 0.25) is 0 Å². The SMILES string of the molecule is CC1=C(c2ccc(N)cc2C)C(C)CC(N)=C1. The van der Waals surface area contributed by atoms with Gasteiger partial charge >= 0.3 is 0 Å². The van der Waals surface area contributed by atoms with Gasteiger partial charge in [0.05, 0.1) is 0 Å². The minimum Gasteiger partial charge on any atom is -0.402 e. The van der Waals surface area contributed by atoms with Crippen molar-refractivity contribution in [1.29, 1.82) is 0 Å². The van der Waals surface area contributed by atoms with E-state index in [1.807, 2.05) is 12.1 Å². The zero-order valence-corrected chi connectivity index (χ0v) is 10.7. The summed E-state index contributed by atoms with van der Waals surface area (Å²) in [4.78, 5) is 0. The van der Waals surface area contributed by atoms with Gasteiger partial charge in [0.15, 0.2) is 0 Å². The lowest BCUT2D eigenvalue weighted by molar-refractivity contribution is 0.714. The predicted octanol–water partition coefficient (Wildman–Crippen LogP) is 3.23. The molecule has 2 nitrogen and oxygen atoms in total. The van der Waals surface area contributed by atoms with Crippen LogP contribution < -0.4 is 11.5 Å². The van der Waals surface area contributed by atoms with Crippen LogP contribution in [0.25, 0.3) is 5.57 Å². The Labute approximate surface area is 103 Å². The molecule has 0 heterocycles. The van der Waals surface area contributed by atoms with Gasteiger partial charge in [0.25, 0.3) is 0 Å². The van der Waals surface area contributed by atoms with Gasteiger partial charge in [0, 0.05) is 11.4 Å². The van der Waals surface area contributed by atoms with Crippen molar-refractivity contribution in [2.24, 2.45) is 11.7 Å². The highest BCUT2D eigenvalue weighted by Crippen LogP contribution is 2.36. The summed E-state index contributed by atoms with van der Waals surface area (Å²) < 4.78 is 0. The third kappa shape index (κ3) is 2.21. The van der Waals surface area contributed by atoms with E-state index in [0.717, 1.165) is 17.8 Å². The molecule has 1 aliphatic carbocycles. The highest BCUT2D eigenvalue weighted by Gasteiger charge is 2.19. The zero-order valence-electron chi connectivity index (χ0n) is 10.7. The van der Waals surface area contributed by atoms with Crippen LogP contribution in [0.15, 0.2) is 35.5 Å². The molecule has 0 radical (unpaired) electrons. The van der Waals surface area contributed by atoms with Crippen LogP contribution in [0.2, 0.25) is 0 Å². The van der Waals surface area contributed by atoms with Crippen molar-refractivity contribution in [3.05, 3.63) is 46.7 Å². The first-order valence-corrected chi connectivity index (χ1v) is 6.02. The Morgan fingerprint density at radius 3 is 2.47 bits per heavy atom. The summed E-state index contributed by atoms with van der Waals surface area (Å²) in [6, 6.07) is 6.12. The van der Waals surface area contributed by atoms with Crippen LogP contribution in [0, 0.1) is 12.8 Å². The monoisotopic (exact) mass is 228 g/mol. The van der Waals surface area contributed by atoms with E-state index < -0.39 is 0 Å². The molecule has 4 N–H and O–H groups in total. The first-order chi connectivity index (χ1) is 7.99. The second-order valence-corrected chi connectivity index (χ2v) is 5.00. The van der Waals surface area contributed by atoms with Crippen LogP contribution in [0.5, 0.6) is 0 Å². The van der Waals surface area contributed by atoms with E-state index in [4.69, 9.17) is 11.5 Å². The molecule has 1 aromatic carbocycles. The third-order valence-electron chi connectivity index (χ3n) is 3.40. The topological polar surface area (TPSA) is 52.0 Å². The van der Waals surface area contributed by atoms with Gasteiger partial charge in [-0.2, -0.15) is 0 Å². The van der Waals surface area contributed by atoms with Crippen molar-refractivity contribution < 1.29 is 0 Å². The summed E-state index contributed by atoms with van der Waals surface area (Å²) in [5.74, 6) is 0.474. The molecule has 2 rings (SSSR count). The molecule has 0 bridgehead atoms. The molecular weight excluding hydrogens is 208 g/mol. The molecule has 1 unspecified atom stereocenters. The Kier molecular flexibility index (Phi) is 2.97. The first kappa shape index (κ1) is 11.8. The van der Waals surface area contributed by atoms with Crippen molar-refractivity contribution in [2.75, 3.05) is 5.73 Å². The number of hydrogen-bond acceptors (Lipinski definition) is 2. The molecule has 0 aliphatic heterocycles. The summed E-state index contributed by atoms with van der Waals surface area (Å²) in [7, 11) is 0. The van der Waals surface area contributed by atoms with Gasteiger partial charge in [-0.3, -0.25) is 0 Å². The summed E-state index contributed by atoms with van der Waals surface area (Å²) in [6.07, 6.45) is 3.03. The fraction of sp³-hybridized carbons (Fsp3) is 0.333. The van der Waals surface area contributed by atoms with E-state index in [1.165, 1.54) is 22.3 Å². The number of anilines is 1. The largest absolute Gasteiger partial charge is 0.402 e. The van der Waals surface area contributed by atoms with Crippen LogP contribution in [0.3, 0.4) is 0 Å². The maximum Gasteiger partial charge on any atom is 0.0317 e. The van der Waals surface area contributed by atoms with E-state index in [-0.39, 0.29) is 0 Å². The Morgan fingerprint density at radius 1 is 1.18 bits per heavy atom. The third-order valence-corrected chi connectivity index (χ3v) is 3.40. The molecule has 90 valence electrons. The van der Waals surface area contributed by atoms with Gasteiger partial charge in [-0.1, -0.05) is 13.0 Å². The van der Waals surface area contributed by atoms with Crippen LogP contribution in [-0.2, 0) is 0 Å². The molecule has 0 amide bonds. The van der Waals surface area contributed by atoms with Crippen LogP contribution in [0.1, 0.15) is 31.4 Å². The van der Waals surface area contributed by atoms with E-state index >= 15 is 0 Å². The molecule has 0 aromatic heterocycles. The summed E-state index contributed by atoms with van der Waals surface area (Å²) in [5.41, 5.74) is 18.7. The van der Waals surface area contributed by atoms with Crippen molar-refractivity contribution in [3.63, 3.8) is 0 Å². The highest BCUT2D eigenvalue weighted by atomic mass is 14.6. The Hall–Kier alpha value is -1.70. The van der Waals surface area contributed by atoms with E-state index in [9.17, 15) is 0 Å². The second kappa shape index (κ2) is 4.28. The Morgan fingerprint density at radius 2 is 1.88 bits per heavy atom. The lowest BCUT2D eigenvalue weighted by atomic mass is 9.81. The average Bonchev–Trinajstić information content (AvgIpc) is 2.19. The fourth-order valence-electron chi connectivity index (χ4n) is 2.73. The smallest absolute Gasteiger partial charge is 0.0317 e. The standard InChI is InChI=1S/C15H20N2/c1-9-6-12(16)4-5-14(9)15-10(2)7-13(17)8-11(15)3/h4-7,11H,8,16-17H2,1-3H3. The van der Waals surface area contributed by atoms with Gasteiger partial charge in [0.1, 0.15) is 0 Å². The predicted molar refractivity (Wildman–Crippen MR) is 74.2 cm³/mol. The molecule has 1 aromatic rings. The van der Waals surface area contributed by atoms with Crippen molar-refractivity contribution in [2.45, 2.75) is 27.2 Å². The number of allylic oxidation sites excluding steroid dienone is 4. The summed E-state index contributed by atoms with van der Waals surface area (Å²) in [6.45, 7) is 6.47. The van der Waals surface area contributed by atoms with Crippen LogP contribution in [0.4, 0.5) is 5.69 Å². The number of nitrogen functional groups attached to an aromatic ring is 1. The molecule has 0 saturated carbocycles. The zero-order chi connectivity index (χ0) is 12.6. The number of hydrogen-bond donors (Lipinski definition) is 2. The van der Waals surface area contributed by atoms with Gasteiger partial charge in [-0.05, 0) is 66.7 Å². The molecule has 0 spiro atoms. The minimum absolute atomic E-state index is 0.474. The maximum absolute atomic E-state index is 5.92. The number of benzene rings is 1. The Balaban J connectivity index is 2.55. The first-order valence-electron chi connectivity index (χ1n) is 6.02. The van der Waals surface area contributed by atoms with E-state index in [0.29, 0.717) is 5.92 Å². The summed E-state index contributed by atoms with van der Waals surface area (Å²) >= 11 is 0. The van der Waals surface area contributed by atoms with Crippen molar-refractivity contribution >= 4 is 11.3 Å². The molecule has 17 heavy (non-hydrogen) atoms. The van der Waals surface area contributed by atoms with Gasteiger partial charge < -0.3 is 11.5 Å². The van der Waals surface area contributed by atoms with Crippen LogP contribution >= 0.6 is 0 Å². The molecule has 2 heteroatoms. The fourth-order valence-corrected chi connectivity index (χ4v) is 2.73. The average molecular weight is 228 g/mol. The highest BCUT2D eigenvalue weighted by molar-refractivity contribution is 5.76. The van der Waals surface area contributed by atoms with Gasteiger partial charge in [-0.15, -0.1) is 0 Å². The molecule has 1 atom stereocenters. The Bertz CT molecular complexity index is 510. The minimum atomic E-state index is 0.474. The second-order valence-electron chi connectivity index (χ2n) is 5.00. The number of aryl methyl sites for hydroxylation is 1. The van der Waals surface area contributed by atoms with E-state index in [1.54, 1.807) is 0 Å². The normalized spacial score (nSPS) is 20.4. The molecule has 0 saturated heterocycles. The van der Waals surface area contributed by atoms with Gasteiger partial charge in [-0.25, -0.2) is 0 Å². The van der Waals surface area contributed by atoms with Crippen LogP contribution in [-0.4, -0.2) is 0 Å². The lowest BCUT2D eigenvalue weighted by Crippen LogP contribution is -2.13. The molecular formula is C15H20N2. The van der Waals surface area contributed by atoms with Crippen molar-refractivity contribution in [3.8, 4) is 0 Å². The maximum atomic E-state index is 5.92. The number of rotatable bonds is 1. The quantitative estimate of drug-likeness (QED) is 0.725. The number of nitrogens with two attached hydrogens (primary N) is 2. The van der Waals surface area contributed by atoms with E-state index in [2.05, 4.69) is 32.9 Å². The molecule has 1 aliphatic rings. The van der Waals surface area contributed by atoms with Crippen molar-refractivity contribution in [1.82, 2.24) is 0 Å². The molecule has 0 fully saturated rings. The lowest BCUT2D eigenvalue weighted by Gasteiger charge is -2.25.